The Morgan fingerprint density at radius 2 is 1.80 bits per heavy atom. The average Bonchev–Trinajstić information content (AvgIpc) is 2.98. The number of hydrogen-bond acceptors (Lipinski definition) is 7. The Balaban J connectivity index is 1.83. The van der Waals surface area contributed by atoms with E-state index in [1.807, 2.05) is 20.8 Å². The lowest BCUT2D eigenvalue weighted by Gasteiger charge is -1.93. The van der Waals surface area contributed by atoms with Crippen LogP contribution in [0.25, 0.3) is 11.6 Å². The highest BCUT2D eigenvalue weighted by molar-refractivity contribution is 7.11. The maximum absolute atomic E-state index is 5.24. The van der Waals surface area contributed by atoms with Crippen LogP contribution in [0, 0.1) is 20.8 Å². The molecule has 0 fully saturated rings. The van der Waals surface area contributed by atoms with E-state index in [4.69, 9.17) is 4.52 Å². The van der Waals surface area contributed by atoms with Gasteiger partial charge in [-0.05, 0) is 26.3 Å². The van der Waals surface area contributed by atoms with Crippen LogP contribution in [0.2, 0.25) is 0 Å². The monoisotopic (exact) mass is 287 g/mol. The molecular weight excluding hydrogens is 274 g/mol. The fourth-order valence-corrected chi connectivity index (χ4v) is 2.64. The minimum atomic E-state index is 0.407. The van der Waals surface area contributed by atoms with E-state index in [0.29, 0.717) is 24.0 Å². The molecule has 0 saturated carbocycles. The summed E-state index contributed by atoms with van der Waals surface area (Å²) in [6.07, 6.45) is 3.99. The largest absolute Gasteiger partial charge is 0.338 e. The maximum Gasteiger partial charge on any atom is 0.240 e. The standard InChI is InChI=1S/C13H13N5OS/c1-7-5-14-12(15-6-7)13-17-11(19-18-13)4-10-8(2)20-9(3)16-10/h5-6H,4H2,1-3H3. The summed E-state index contributed by atoms with van der Waals surface area (Å²) in [5.74, 6) is 1.40. The number of nitrogens with zero attached hydrogens (tertiary/aromatic N) is 5. The van der Waals surface area contributed by atoms with Crippen molar-refractivity contribution >= 4 is 11.3 Å². The molecule has 0 spiro atoms. The van der Waals surface area contributed by atoms with Crippen LogP contribution in [-0.4, -0.2) is 25.1 Å². The van der Waals surface area contributed by atoms with Crippen LogP contribution in [-0.2, 0) is 6.42 Å². The molecular formula is C13H13N5OS. The van der Waals surface area contributed by atoms with E-state index >= 15 is 0 Å². The number of aryl methyl sites for hydroxylation is 3. The zero-order valence-electron chi connectivity index (χ0n) is 11.4. The fourth-order valence-electron chi connectivity index (χ4n) is 1.80. The molecule has 0 aliphatic carbocycles. The maximum atomic E-state index is 5.24. The second-order valence-corrected chi connectivity index (χ2v) is 5.92. The number of rotatable bonds is 3. The third-order valence-corrected chi connectivity index (χ3v) is 3.70. The zero-order valence-corrected chi connectivity index (χ0v) is 12.2. The predicted octanol–water partition coefficient (Wildman–Crippen LogP) is 2.50. The third-order valence-electron chi connectivity index (χ3n) is 2.77. The Hall–Kier alpha value is -2.15. The van der Waals surface area contributed by atoms with Gasteiger partial charge in [-0.25, -0.2) is 15.0 Å². The highest BCUT2D eigenvalue weighted by atomic mass is 32.1. The van der Waals surface area contributed by atoms with Crippen LogP contribution < -0.4 is 0 Å². The molecule has 0 aliphatic heterocycles. The zero-order chi connectivity index (χ0) is 14.1. The van der Waals surface area contributed by atoms with Gasteiger partial charge in [-0.1, -0.05) is 5.16 Å². The van der Waals surface area contributed by atoms with Gasteiger partial charge in [0.1, 0.15) is 0 Å². The predicted molar refractivity (Wildman–Crippen MR) is 74.5 cm³/mol. The molecule has 6 nitrogen and oxygen atoms in total. The summed E-state index contributed by atoms with van der Waals surface area (Å²) in [6.45, 7) is 5.96. The summed E-state index contributed by atoms with van der Waals surface area (Å²) in [6, 6.07) is 0. The van der Waals surface area contributed by atoms with E-state index in [0.717, 1.165) is 16.3 Å². The summed E-state index contributed by atoms with van der Waals surface area (Å²) < 4.78 is 5.24. The molecule has 0 radical (unpaired) electrons. The Bertz CT molecular complexity index is 732. The van der Waals surface area contributed by atoms with Gasteiger partial charge >= 0.3 is 0 Å². The molecule has 0 bridgehead atoms. The molecule has 20 heavy (non-hydrogen) atoms. The van der Waals surface area contributed by atoms with Crippen LogP contribution >= 0.6 is 11.3 Å². The first kappa shape index (κ1) is 12.9. The van der Waals surface area contributed by atoms with Gasteiger partial charge in [0.25, 0.3) is 0 Å². The first-order chi connectivity index (χ1) is 9.61. The first-order valence-electron chi connectivity index (χ1n) is 6.16. The van der Waals surface area contributed by atoms with Crippen molar-refractivity contribution in [1.29, 1.82) is 0 Å². The fraction of sp³-hybridized carbons (Fsp3) is 0.308. The summed E-state index contributed by atoms with van der Waals surface area (Å²) >= 11 is 1.67. The minimum absolute atomic E-state index is 0.407. The van der Waals surface area contributed by atoms with E-state index in [2.05, 4.69) is 25.1 Å². The number of hydrogen-bond donors (Lipinski definition) is 0. The van der Waals surface area contributed by atoms with E-state index < -0.39 is 0 Å². The van der Waals surface area contributed by atoms with Crippen molar-refractivity contribution in [2.75, 3.05) is 0 Å². The van der Waals surface area contributed by atoms with E-state index in [-0.39, 0.29) is 0 Å². The molecule has 3 aromatic heterocycles. The second kappa shape index (κ2) is 5.09. The van der Waals surface area contributed by atoms with Gasteiger partial charge in [0, 0.05) is 17.3 Å². The van der Waals surface area contributed by atoms with Crippen LogP contribution in [0.1, 0.15) is 27.0 Å². The lowest BCUT2D eigenvalue weighted by atomic mass is 10.3. The summed E-state index contributed by atoms with van der Waals surface area (Å²) in [5, 5.41) is 4.95. The Morgan fingerprint density at radius 3 is 2.45 bits per heavy atom. The van der Waals surface area contributed by atoms with E-state index in [1.54, 1.807) is 23.7 Å². The average molecular weight is 287 g/mol. The lowest BCUT2D eigenvalue weighted by Crippen LogP contribution is -1.93. The van der Waals surface area contributed by atoms with Crippen molar-refractivity contribution in [2.45, 2.75) is 27.2 Å². The van der Waals surface area contributed by atoms with Crippen molar-refractivity contribution in [3.05, 3.63) is 39.4 Å². The molecule has 0 aromatic carbocycles. The number of thiazole rings is 1. The molecule has 3 aromatic rings. The van der Waals surface area contributed by atoms with Gasteiger partial charge in [-0.2, -0.15) is 4.98 Å². The minimum Gasteiger partial charge on any atom is -0.338 e. The SMILES string of the molecule is Cc1cnc(-c2noc(Cc3nc(C)sc3C)n2)nc1. The highest BCUT2D eigenvalue weighted by Crippen LogP contribution is 2.20. The van der Waals surface area contributed by atoms with Crippen LogP contribution in [0.15, 0.2) is 16.9 Å². The smallest absolute Gasteiger partial charge is 0.240 e. The molecule has 0 N–H and O–H groups in total. The molecule has 3 rings (SSSR count). The lowest BCUT2D eigenvalue weighted by molar-refractivity contribution is 0.384. The van der Waals surface area contributed by atoms with Crippen LogP contribution in [0.4, 0.5) is 0 Å². The van der Waals surface area contributed by atoms with Gasteiger partial charge in [-0.3, -0.25) is 0 Å². The van der Waals surface area contributed by atoms with Crippen molar-refractivity contribution < 1.29 is 4.52 Å². The number of aromatic nitrogens is 5. The van der Waals surface area contributed by atoms with Gasteiger partial charge in [-0.15, -0.1) is 11.3 Å². The van der Waals surface area contributed by atoms with Crippen molar-refractivity contribution in [1.82, 2.24) is 25.1 Å². The summed E-state index contributed by atoms with van der Waals surface area (Å²) in [5.41, 5.74) is 1.97. The molecule has 0 amide bonds. The van der Waals surface area contributed by atoms with Crippen molar-refractivity contribution in [3.8, 4) is 11.6 Å². The van der Waals surface area contributed by atoms with E-state index in [1.165, 1.54) is 4.88 Å². The topological polar surface area (TPSA) is 77.6 Å². The van der Waals surface area contributed by atoms with Crippen LogP contribution in [0.5, 0.6) is 0 Å². The molecule has 7 heteroatoms. The quantitative estimate of drug-likeness (QED) is 0.736. The molecule has 0 atom stereocenters. The van der Waals surface area contributed by atoms with Gasteiger partial charge in [0.2, 0.25) is 17.5 Å². The van der Waals surface area contributed by atoms with Crippen molar-refractivity contribution in [2.24, 2.45) is 0 Å². The van der Waals surface area contributed by atoms with Gasteiger partial charge in [0.05, 0.1) is 17.1 Å². The Morgan fingerprint density at radius 1 is 1.05 bits per heavy atom. The molecule has 102 valence electrons. The molecule has 0 unspecified atom stereocenters. The first-order valence-corrected chi connectivity index (χ1v) is 6.98. The molecule has 0 saturated heterocycles. The molecule has 3 heterocycles. The summed E-state index contributed by atoms with van der Waals surface area (Å²) in [7, 11) is 0. The summed E-state index contributed by atoms with van der Waals surface area (Å²) in [4.78, 5) is 18.3. The van der Waals surface area contributed by atoms with Crippen molar-refractivity contribution in [3.63, 3.8) is 0 Å². The Labute approximate surface area is 119 Å². The van der Waals surface area contributed by atoms with Gasteiger partial charge in [0.15, 0.2) is 0 Å². The normalized spacial score (nSPS) is 10.9. The highest BCUT2D eigenvalue weighted by Gasteiger charge is 2.14. The van der Waals surface area contributed by atoms with E-state index in [9.17, 15) is 0 Å². The Kier molecular flexibility index (Phi) is 3.27. The molecule has 0 aliphatic rings. The third kappa shape index (κ3) is 2.57. The van der Waals surface area contributed by atoms with Crippen LogP contribution in [0.3, 0.4) is 0 Å². The second-order valence-electron chi connectivity index (χ2n) is 4.51. The van der Waals surface area contributed by atoms with Gasteiger partial charge < -0.3 is 4.52 Å².